The molecule has 6 nitrogen and oxygen atoms in total. The van der Waals surface area contributed by atoms with Crippen LogP contribution in [0.25, 0.3) is 6.08 Å². The first kappa shape index (κ1) is 21.6. The van der Waals surface area contributed by atoms with Crippen LogP contribution in [0.2, 0.25) is 0 Å². The first-order valence-electron chi connectivity index (χ1n) is 11.9. The van der Waals surface area contributed by atoms with Crippen molar-refractivity contribution in [2.24, 2.45) is 5.92 Å². The first-order chi connectivity index (χ1) is 16.2. The van der Waals surface area contributed by atoms with Gasteiger partial charge in [0.2, 0.25) is 11.8 Å². The van der Waals surface area contributed by atoms with Gasteiger partial charge in [-0.1, -0.05) is 36.4 Å². The van der Waals surface area contributed by atoms with Crippen molar-refractivity contribution in [1.29, 1.82) is 0 Å². The Morgan fingerprint density at radius 1 is 0.879 bits per heavy atom. The predicted octanol–water partition coefficient (Wildman–Crippen LogP) is 4.07. The Balaban J connectivity index is 1.19. The molecule has 2 fully saturated rings. The smallest absolute Gasteiger partial charge is 0.246 e. The summed E-state index contributed by atoms with van der Waals surface area (Å²) in [6.07, 6.45) is 6.89. The molecule has 172 valence electrons. The van der Waals surface area contributed by atoms with E-state index in [-0.39, 0.29) is 23.8 Å². The Kier molecular flexibility index (Phi) is 6.33. The highest BCUT2D eigenvalue weighted by Crippen LogP contribution is 2.39. The van der Waals surface area contributed by atoms with E-state index in [1.165, 1.54) is 0 Å². The zero-order chi connectivity index (χ0) is 22.6. The second-order valence-corrected chi connectivity index (χ2v) is 8.94. The van der Waals surface area contributed by atoms with E-state index in [0.29, 0.717) is 39.1 Å². The minimum Gasteiger partial charge on any atom is -0.486 e. The number of ether oxygens (including phenoxy) is 2. The number of rotatable bonds is 4. The van der Waals surface area contributed by atoms with Gasteiger partial charge in [-0.25, -0.2) is 0 Å². The first-order valence-corrected chi connectivity index (χ1v) is 11.9. The molecule has 2 aromatic carbocycles. The highest BCUT2D eigenvalue weighted by Gasteiger charge is 2.36. The lowest BCUT2D eigenvalue weighted by Gasteiger charge is -2.35. The molecule has 0 bridgehead atoms. The highest BCUT2D eigenvalue weighted by atomic mass is 16.6. The lowest BCUT2D eigenvalue weighted by Crippen LogP contribution is -2.43. The maximum absolute atomic E-state index is 13.4. The Labute approximate surface area is 194 Å². The zero-order valence-corrected chi connectivity index (χ0v) is 18.8. The van der Waals surface area contributed by atoms with E-state index < -0.39 is 0 Å². The van der Waals surface area contributed by atoms with Crippen LogP contribution in [0.3, 0.4) is 0 Å². The number of carbonyl (C=O) groups is 2. The molecule has 2 saturated heterocycles. The van der Waals surface area contributed by atoms with E-state index in [0.717, 1.165) is 42.0 Å². The van der Waals surface area contributed by atoms with Gasteiger partial charge in [0, 0.05) is 31.6 Å². The maximum Gasteiger partial charge on any atom is 0.246 e. The van der Waals surface area contributed by atoms with Crippen LogP contribution in [0.4, 0.5) is 0 Å². The van der Waals surface area contributed by atoms with E-state index in [4.69, 9.17) is 9.47 Å². The van der Waals surface area contributed by atoms with Crippen molar-refractivity contribution < 1.29 is 19.1 Å². The third-order valence-electron chi connectivity index (χ3n) is 6.86. The van der Waals surface area contributed by atoms with Crippen LogP contribution in [0, 0.1) is 5.92 Å². The summed E-state index contributed by atoms with van der Waals surface area (Å²) in [4.78, 5) is 29.9. The molecule has 0 unspecified atom stereocenters. The van der Waals surface area contributed by atoms with Crippen LogP contribution in [0.15, 0.2) is 54.6 Å². The number of fused-ring (bicyclic) bond motifs is 1. The van der Waals surface area contributed by atoms with Crippen molar-refractivity contribution in [3.63, 3.8) is 0 Å². The number of piperidine rings is 1. The minimum absolute atomic E-state index is 0.0140. The van der Waals surface area contributed by atoms with Crippen LogP contribution >= 0.6 is 0 Å². The van der Waals surface area contributed by atoms with Crippen LogP contribution in [0.1, 0.15) is 42.9 Å². The summed E-state index contributed by atoms with van der Waals surface area (Å²) >= 11 is 0. The van der Waals surface area contributed by atoms with Crippen molar-refractivity contribution in [2.75, 3.05) is 32.8 Å². The fraction of sp³-hybridized carbons (Fsp3) is 0.407. The van der Waals surface area contributed by atoms with Gasteiger partial charge in [0.05, 0.1) is 6.04 Å². The molecule has 0 radical (unpaired) electrons. The molecular weight excluding hydrogens is 416 g/mol. The quantitative estimate of drug-likeness (QED) is 0.665. The third-order valence-corrected chi connectivity index (χ3v) is 6.86. The second-order valence-electron chi connectivity index (χ2n) is 8.94. The number of carbonyl (C=O) groups excluding carboxylic acids is 2. The number of hydrogen-bond donors (Lipinski definition) is 0. The lowest BCUT2D eigenvalue weighted by atomic mass is 9.94. The summed E-state index contributed by atoms with van der Waals surface area (Å²) in [5, 5.41) is 0. The number of likely N-dealkylation sites (tertiary alicyclic amines) is 2. The molecule has 6 heteroatoms. The average molecular weight is 447 g/mol. The molecule has 2 amide bonds. The summed E-state index contributed by atoms with van der Waals surface area (Å²) < 4.78 is 11.4. The Morgan fingerprint density at radius 3 is 2.42 bits per heavy atom. The molecule has 3 heterocycles. The van der Waals surface area contributed by atoms with E-state index in [2.05, 4.69) is 6.07 Å². The SMILES string of the molecule is O=C(/C=C\c1ccccc1)N1CCC(C(=O)N2CCC[C@@H]2c2ccc3c(c2)OCCO3)CC1. The molecule has 0 N–H and O–H groups in total. The summed E-state index contributed by atoms with van der Waals surface area (Å²) in [5.74, 6) is 1.76. The van der Waals surface area contributed by atoms with Crippen LogP contribution in [0.5, 0.6) is 11.5 Å². The van der Waals surface area contributed by atoms with Gasteiger partial charge in [-0.3, -0.25) is 9.59 Å². The van der Waals surface area contributed by atoms with Crippen molar-refractivity contribution in [1.82, 2.24) is 9.80 Å². The summed E-state index contributed by atoms with van der Waals surface area (Å²) in [5.41, 5.74) is 2.12. The van der Waals surface area contributed by atoms with Crippen LogP contribution in [-0.2, 0) is 9.59 Å². The fourth-order valence-corrected chi connectivity index (χ4v) is 5.06. The number of benzene rings is 2. The molecule has 0 aliphatic carbocycles. The van der Waals surface area contributed by atoms with Gasteiger partial charge in [-0.2, -0.15) is 0 Å². The lowest BCUT2D eigenvalue weighted by molar-refractivity contribution is -0.140. The van der Waals surface area contributed by atoms with Gasteiger partial charge in [0.25, 0.3) is 0 Å². The Morgan fingerprint density at radius 2 is 1.64 bits per heavy atom. The second kappa shape index (κ2) is 9.69. The third kappa shape index (κ3) is 4.75. The van der Waals surface area contributed by atoms with Crippen molar-refractivity contribution in [2.45, 2.75) is 31.7 Å². The molecule has 0 aromatic heterocycles. The number of hydrogen-bond acceptors (Lipinski definition) is 4. The molecule has 3 aliphatic heterocycles. The number of nitrogens with zero attached hydrogens (tertiary/aromatic N) is 2. The summed E-state index contributed by atoms with van der Waals surface area (Å²) in [7, 11) is 0. The molecular formula is C27H30N2O4. The predicted molar refractivity (Wildman–Crippen MR) is 126 cm³/mol. The fourth-order valence-electron chi connectivity index (χ4n) is 5.06. The van der Waals surface area contributed by atoms with Gasteiger partial charge in [0.15, 0.2) is 11.5 Å². The van der Waals surface area contributed by atoms with Gasteiger partial charge in [-0.15, -0.1) is 0 Å². The normalized spacial score (nSPS) is 20.9. The average Bonchev–Trinajstić information content (AvgIpc) is 3.37. The monoisotopic (exact) mass is 446 g/mol. The molecule has 0 spiro atoms. The van der Waals surface area contributed by atoms with Crippen LogP contribution in [-0.4, -0.2) is 54.5 Å². The van der Waals surface area contributed by atoms with Gasteiger partial charge in [-0.05, 0) is 55.0 Å². The largest absolute Gasteiger partial charge is 0.486 e. The van der Waals surface area contributed by atoms with E-state index in [1.54, 1.807) is 6.08 Å². The highest BCUT2D eigenvalue weighted by molar-refractivity contribution is 5.92. The topological polar surface area (TPSA) is 59.1 Å². The minimum atomic E-state index is -0.0232. The molecule has 1 atom stereocenters. The van der Waals surface area contributed by atoms with Gasteiger partial charge in [0.1, 0.15) is 13.2 Å². The summed E-state index contributed by atoms with van der Waals surface area (Å²) in [6.45, 7) is 3.16. The molecule has 2 aromatic rings. The van der Waals surface area contributed by atoms with E-state index >= 15 is 0 Å². The van der Waals surface area contributed by atoms with E-state index in [9.17, 15) is 9.59 Å². The molecule has 33 heavy (non-hydrogen) atoms. The van der Waals surface area contributed by atoms with E-state index in [1.807, 2.05) is 58.3 Å². The molecule has 5 rings (SSSR count). The van der Waals surface area contributed by atoms with Gasteiger partial charge < -0.3 is 19.3 Å². The zero-order valence-electron chi connectivity index (χ0n) is 18.8. The Hall–Kier alpha value is -3.28. The van der Waals surface area contributed by atoms with Crippen molar-refractivity contribution in [3.8, 4) is 11.5 Å². The maximum atomic E-state index is 13.4. The summed E-state index contributed by atoms with van der Waals surface area (Å²) in [6, 6.07) is 16.0. The Bertz CT molecular complexity index is 1030. The van der Waals surface area contributed by atoms with Crippen molar-refractivity contribution >= 4 is 17.9 Å². The van der Waals surface area contributed by atoms with Crippen molar-refractivity contribution in [3.05, 3.63) is 65.7 Å². The number of amides is 2. The standard InChI is InChI=1S/C27H30N2O4/c30-26(11-8-20-5-2-1-3-6-20)28-15-12-21(13-16-28)27(31)29-14-4-7-23(29)22-9-10-24-25(19-22)33-18-17-32-24/h1-3,5-6,8-11,19,21,23H,4,7,12-18H2/b11-8-/t23-/m1/s1. The van der Waals surface area contributed by atoms with Crippen LogP contribution < -0.4 is 9.47 Å². The molecule has 3 aliphatic rings. The molecule has 0 saturated carbocycles. The van der Waals surface area contributed by atoms with Gasteiger partial charge >= 0.3 is 0 Å².